The number of aromatic nitrogens is 7. The first-order valence-electron chi connectivity index (χ1n) is 21.3. The van der Waals surface area contributed by atoms with E-state index in [0.29, 0.717) is 89.6 Å². The van der Waals surface area contributed by atoms with Gasteiger partial charge in [-0.3, -0.25) is 23.4 Å². The summed E-state index contributed by atoms with van der Waals surface area (Å²) < 4.78 is 58.7. The molecule has 16 nitrogen and oxygen atoms in total. The van der Waals surface area contributed by atoms with Crippen molar-refractivity contribution in [3.63, 3.8) is 0 Å². The molecule has 6 heterocycles. The highest BCUT2D eigenvalue weighted by molar-refractivity contribution is 7.91. The molecule has 2 aliphatic heterocycles. The smallest absolute Gasteiger partial charge is 0.438 e. The summed E-state index contributed by atoms with van der Waals surface area (Å²) in [5.74, 6) is 0.00350. The van der Waals surface area contributed by atoms with Crippen LogP contribution in [0.5, 0.6) is 5.75 Å². The van der Waals surface area contributed by atoms with Crippen LogP contribution in [-0.2, 0) is 26.4 Å². The van der Waals surface area contributed by atoms with Crippen LogP contribution in [0.25, 0.3) is 28.1 Å². The Balaban J connectivity index is 1.12. The number of methoxy groups -OCH3 is 1. The minimum absolute atomic E-state index is 0.00790. The highest BCUT2D eigenvalue weighted by Gasteiger charge is 2.59. The Morgan fingerprint density at radius 2 is 1.72 bits per heavy atom. The van der Waals surface area contributed by atoms with Gasteiger partial charge in [-0.2, -0.15) is 5.10 Å². The molecule has 7 aromatic rings. The third-order valence-electron chi connectivity index (χ3n) is 13.5. The van der Waals surface area contributed by atoms with Crippen LogP contribution in [0.2, 0.25) is 0 Å². The first kappa shape index (κ1) is 41.5. The van der Waals surface area contributed by atoms with Gasteiger partial charge in [-0.1, -0.05) is 18.1 Å². The first-order valence-corrected chi connectivity index (χ1v) is 23.3. The Hall–Kier alpha value is -6.53. The second kappa shape index (κ2) is 15.0. The molecule has 1 aliphatic carbocycles. The maximum absolute atomic E-state index is 15.5. The van der Waals surface area contributed by atoms with E-state index in [1.54, 1.807) is 60.1 Å². The van der Waals surface area contributed by atoms with Crippen molar-refractivity contribution in [3.05, 3.63) is 133 Å². The zero-order valence-corrected chi connectivity index (χ0v) is 37.1. The maximum Gasteiger partial charge on any atom is 0.438 e. The largest absolute Gasteiger partial charge is 0.495 e. The zero-order valence-electron chi connectivity index (χ0n) is 36.3. The molecule has 4 aromatic heterocycles. The van der Waals surface area contributed by atoms with E-state index in [1.807, 2.05) is 17.6 Å². The number of fused-ring (bicyclic) bond motifs is 2. The lowest BCUT2D eigenvalue weighted by Gasteiger charge is -2.34. The molecule has 10 rings (SSSR count). The van der Waals surface area contributed by atoms with Crippen LogP contribution >= 0.6 is 0 Å². The van der Waals surface area contributed by atoms with Crippen molar-refractivity contribution >= 4 is 26.5 Å². The number of nitrogens with zero attached hydrogens (tertiary/aromatic N) is 7. The SMILES string of the molecule is COc1cc(-n2ccn(-c3c4c(nn3-c3cc(C)c(F)c(C)c3)CCN(C(=O)c3cc5cc(C6CCOCC6)ccc5n3[C@@]3(c5noc(=O)[nH]5)C[C@@H]3C)[C@H]4C)c2=O)ccc1[S@](C)(=N)=O. The zero-order chi connectivity index (χ0) is 45.0. The predicted molar refractivity (Wildman–Crippen MR) is 235 cm³/mol. The molecular weight excluding hydrogens is 842 g/mol. The Labute approximate surface area is 367 Å². The van der Waals surface area contributed by atoms with E-state index >= 15 is 9.18 Å². The van der Waals surface area contributed by atoms with Gasteiger partial charge in [0.1, 0.15) is 28.6 Å². The predicted octanol–water partition coefficient (Wildman–Crippen LogP) is 6.68. The molecule has 3 aromatic carbocycles. The van der Waals surface area contributed by atoms with Gasteiger partial charge in [-0.25, -0.2) is 27.6 Å². The molecule has 1 saturated carbocycles. The van der Waals surface area contributed by atoms with E-state index in [9.17, 15) is 13.8 Å². The van der Waals surface area contributed by atoms with E-state index in [-0.39, 0.29) is 28.3 Å². The second-order valence-electron chi connectivity index (χ2n) is 17.5. The second-order valence-corrected chi connectivity index (χ2v) is 19.6. The number of nitrogens with one attached hydrogen (secondary N) is 2. The molecule has 0 unspecified atom stereocenters. The number of carbonyl (C=O) groups excluding carboxylic acids is 1. The van der Waals surface area contributed by atoms with Gasteiger partial charge in [0.05, 0.1) is 44.8 Å². The van der Waals surface area contributed by atoms with Gasteiger partial charge < -0.3 is 18.9 Å². The van der Waals surface area contributed by atoms with Gasteiger partial charge in [0.25, 0.3) is 5.91 Å². The Morgan fingerprint density at radius 1 is 1.00 bits per heavy atom. The summed E-state index contributed by atoms with van der Waals surface area (Å²) in [6, 6.07) is 15.7. The molecule has 0 radical (unpaired) electrons. The maximum atomic E-state index is 15.5. The quantitative estimate of drug-likeness (QED) is 0.159. The summed E-state index contributed by atoms with van der Waals surface area (Å²) in [6.45, 7) is 9.02. The molecular formula is C46H48FN9O7S. The summed E-state index contributed by atoms with van der Waals surface area (Å²) in [4.78, 5) is 47.3. The van der Waals surface area contributed by atoms with Crippen molar-refractivity contribution in [2.75, 3.05) is 33.1 Å². The van der Waals surface area contributed by atoms with Crippen molar-refractivity contribution in [3.8, 4) is 22.9 Å². The fourth-order valence-electron chi connectivity index (χ4n) is 10.1. The van der Waals surface area contributed by atoms with Crippen molar-refractivity contribution in [2.24, 2.45) is 5.92 Å². The number of amides is 1. The molecule has 18 heteroatoms. The minimum atomic E-state index is -3.13. The van der Waals surface area contributed by atoms with Crippen molar-refractivity contribution < 1.29 is 27.4 Å². The third-order valence-corrected chi connectivity index (χ3v) is 14.7. The van der Waals surface area contributed by atoms with E-state index < -0.39 is 32.8 Å². The molecule has 3 aliphatic rings. The van der Waals surface area contributed by atoms with E-state index in [0.717, 1.165) is 23.7 Å². The van der Waals surface area contributed by atoms with Crippen LogP contribution in [0, 0.1) is 30.4 Å². The van der Waals surface area contributed by atoms with Gasteiger partial charge >= 0.3 is 11.4 Å². The number of ether oxygens (including phenoxy) is 2. The number of hydrogen-bond donors (Lipinski definition) is 2. The van der Waals surface area contributed by atoms with E-state index in [2.05, 4.69) is 35.3 Å². The van der Waals surface area contributed by atoms with Crippen molar-refractivity contribution in [1.29, 1.82) is 4.78 Å². The first-order chi connectivity index (χ1) is 30.6. The van der Waals surface area contributed by atoms with Gasteiger partial charge in [0.15, 0.2) is 5.82 Å². The van der Waals surface area contributed by atoms with Gasteiger partial charge in [-0.05, 0) is 111 Å². The summed E-state index contributed by atoms with van der Waals surface area (Å²) >= 11 is 0. The molecule has 332 valence electrons. The molecule has 2 fully saturated rings. The summed E-state index contributed by atoms with van der Waals surface area (Å²) in [5.41, 5.74) is 4.19. The average molecular weight is 890 g/mol. The molecule has 0 spiro atoms. The molecule has 1 saturated heterocycles. The standard InChI is InChI=1S/C46H48FN9O7S/c1-25-19-33(20-26(2)40(25)47)56-41(54-16-15-53(45(54)59)32-8-10-38(64(6,48)60)37(23-32)61-5)39-28(4)52(14-11-34(39)50-56)42(57)36-22-31-21-30(29-12-17-62-18-13-29)7-9-35(31)55(36)46(24-27(46)3)43-49-44(58)63-51-43/h7-10,15-16,19-23,27-29,48H,11-14,17-18,24H2,1-6H3,(H,49,51,58)/t27-,28-,46-,64+/m0/s1. The lowest BCUT2D eigenvalue weighted by molar-refractivity contribution is 0.0663. The fraction of sp³-hybridized carbons (Fsp3) is 0.370. The number of carbonyl (C=O) groups is 1. The van der Waals surface area contributed by atoms with Crippen LogP contribution in [0.1, 0.15) is 89.3 Å². The Bertz CT molecular complexity index is 3250. The van der Waals surface area contributed by atoms with Gasteiger partial charge in [0, 0.05) is 67.4 Å². The Morgan fingerprint density at radius 3 is 2.38 bits per heavy atom. The minimum Gasteiger partial charge on any atom is -0.495 e. The average Bonchev–Trinajstić information content (AvgIpc) is 3.77. The summed E-state index contributed by atoms with van der Waals surface area (Å²) in [6.07, 6.45) is 7.29. The molecule has 2 N–H and O–H groups in total. The number of hydrogen-bond acceptors (Lipinski definition) is 10. The normalized spacial score (nSPS) is 21.0. The molecule has 4 atom stereocenters. The highest BCUT2D eigenvalue weighted by atomic mass is 32.2. The van der Waals surface area contributed by atoms with Crippen LogP contribution in [0.15, 0.2) is 86.0 Å². The van der Waals surface area contributed by atoms with Gasteiger partial charge in [-0.15, -0.1) is 0 Å². The highest BCUT2D eigenvalue weighted by Crippen LogP contribution is 2.56. The Kier molecular flexibility index (Phi) is 9.75. The number of halogens is 1. The van der Waals surface area contributed by atoms with E-state index in [1.165, 1.54) is 34.1 Å². The number of aryl methyl sites for hydroxylation is 2. The fourth-order valence-corrected chi connectivity index (χ4v) is 10.9. The lowest BCUT2D eigenvalue weighted by atomic mass is 9.91. The topological polar surface area (TPSA) is 188 Å². The van der Waals surface area contributed by atoms with E-state index in [4.69, 9.17) is 23.9 Å². The number of benzene rings is 3. The molecule has 64 heavy (non-hydrogen) atoms. The van der Waals surface area contributed by atoms with Crippen molar-refractivity contribution in [1.82, 2.24) is 38.5 Å². The number of H-pyrrole nitrogens is 1. The number of aromatic amines is 1. The number of imidazole rings is 1. The van der Waals surface area contributed by atoms with Crippen molar-refractivity contribution in [2.45, 2.75) is 75.8 Å². The van der Waals surface area contributed by atoms with Crippen LogP contribution < -0.4 is 16.2 Å². The van der Waals surface area contributed by atoms with Crippen LogP contribution in [0.3, 0.4) is 0 Å². The van der Waals surface area contributed by atoms with Crippen LogP contribution in [-0.4, -0.2) is 81.8 Å². The monoisotopic (exact) mass is 889 g/mol. The third kappa shape index (κ3) is 6.47. The molecule has 1 amide bonds. The van der Waals surface area contributed by atoms with Crippen LogP contribution in [0.4, 0.5) is 4.39 Å². The van der Waals surface area contributed by atoms with Gasteiger partial charge in [0.2, 0.25) is 0 Å². The summed E-state index contributed by atoms with van der Waals surface area (Å²) in [5, 5.41) is 10.1. The molecule has 0 bridgehead atoms. The lowest BCUT2D eigenvalue weighted by Crippen LogP contribution is -2.41. The summed E-state index contributed by atoms with van der Waals surface area (Å²) in [7, 11) is -1.72. The number of rotatable bonds is 9.